The third kappa shape index (κ3) is 4.72. The van der Waals surface area contributed by atoms with E-state index in [1.807, 2.05) is 44.2 Å². The number of methoxy groups -OCH3 is 1. The fourth-order valence-corrected chi connectivity index (χ4v) is 1.94. The van der Waals surface area contributed by atoms with Crippen molar-refractivity contribution in [2.24, 2.45) is 0 Å². The van der Waals surface area contributed by atoms with Crippen LogP contribution in [0.5, 0.6) is 11.5 Å². The monoisotopic (exact) mass is 287 g/mol. The SMILES string of the molecule is COc1cc(CNCc2cccnn2)ccc1OC(C)C. The van der Waals surface area contributed by atoms with Crippen molar-refractivity contribution in [3.63, 3.8) is 0 Å². The van der Waals surface area contributed by atoms with Crippen molar-refractivity contribution >= 4 is 0 Å². The lowest BCUT2D eigenvalue weighted by molar-refractivity contribution is 0.230. The molecule has 1 N–H and O–H groups in total. The second kappa shape index (κ2) is 7.59. The molecular formula is C16H21N3O2. The van der Waals surface area contributed by atoms with Gasteiger partial charge < -0.3 is 14.8 Å². The normalized spacial score (nSPS) is 10.7. The molecule has 1 heterocycles. The average Bonchev–Trinajstić information content (AvgIpc) is 2.49. The third-order valence-electron chi connectivity index (χ3n) is 2.85. The summed E-state index contributed by atoms with van der Waals surface area (Å²) in [5.41, 5.74) is 2.05. The largest absolute Gasteiger partial charge is 0.493 e. The van der Waals surface area contributed by atoms with Gasteiger partial charge in [-0.25, -0.2) is 0 Å². The molecule has 0 radical (unpaired) electrons. The van der Waals surface area contributed by atoms with E-state index < -0.39 is 0 Å². The highest BCUT2D eigenvalue weighted by Gasteiger charge is 2.07. The maximum absolute atomic E-state index is 5.70. The highest BCUT2D eigenvalue weighted by molar-refractivity contribution is 5.43. The first-order valence-electron chi connectivity index (χ1n) is 7.00. The fraction of sp³-hybridized carbons (Fsp3) is 0.375. The Morgan fingerprint density at radius 3 is 2.67 bits per heavy atom. The summed E-state index contributed by atoms with van der Waals surface area (Å²) in [7, 11) is 1.65. The molecule has 0 atom stereocenters. The van der Waals surface area contributed by atoms with Gasteiger partial charge in [0.05, 0.1) is 18.9 Å². The maximum Gasteiger partial charge on any atom is 0.161 e. The van der Waals surface area contributed by atoms with E-state index in [9.17, 15) is 0 Å². The molecule has 0 unspecified atom stereocenters. The molecule has 5 heteroatoms. The molecule has 0 fully saturated rings. The lowest BCUT2D eigenvalue weighted by Gasteiger charge is -2.14. The molecule has 0 aliphatic rings. The van der Waals surface area contributed by atoms with Crippen LogP contribution in [0, 0.1) is 0 Å². The highest BCUT2D eigenvalue weighted by Crippen LogP contribution is 2.28. The maximum atomic E-state index is 5.70. The minimum Gasteiger partial charge on any atom is -0.493 e. The summed E-state index contributed by atoms with van der Waals surface area (Å²) in [5.74, 6) is 1.52. The number of nitrogens with zero attached hydrogens (tertiary/aromatic N) is 2. The van der Waals surface area contributed by atoms with Crippen LogP contribution in [0.4, 0.5) is 0 Å². The number of benzene rings is 1. The van der Waals surface area contributed by atoms with Crippen molar-refractivity contribution in [2.75, 3.05) is 7.11 Å². The van der Waals surface area contributed by atoms with Crippen molar-refractivity contribution in [3.8, 4) is 11.5 Å². The molecule has 0 aliphatic carbocycles. The van der Waals surface area contributed by atoms with Crippen LogP contribution in [0.2, 0.25) is 0 Å². The minimum absolute atomic E-state index is 0.125. The van der Waals surface area contributed by atoms with E-state index in [4.69, 9.17) is 9.47 Å². The first kappa shape index (κ1) is 15.3. The van der Waals surface area contributed by atoms with Crippen LogP contribution in [0.15, 0.2) is 36.5 Å². The molecule has 0 saturated heterocycles. The number of ether oxygens (including phenoxy) is 2. The van der Waals surface area contributed by atoms with E-state index in [0.29, 0.717) is 6.54 Å². The summed E-state index contributed by atoms with van der Waals surface area (Å²) in [6, 6.07) is 9.79. The Morgan fingerprint density at radius 2 is 2.00 bits per heavy atom. The van der Waals surface area contributed by atoms with Gasteiger partial charge in [-0.2, -0.15) is 10.2 Å². The second-order valence-electron chi connectivity index (χ2n) is 4.97. The predicted molar refractivity (Wildman–Crippen MR) is 81.3 cm³/mol. The van der Waals surface area contributed by atoms with Crippen LogP contribution in [0.1, 0.15) is 25.1 Å². The van der Waals surface area contributed by atoms with Crippen LogP contribution in [0.25, 0.3) is 0 Å². The van der Waals surface area contributed by atoms with Gasteiger partial charge in [0.2, 0.25) is 0 Å². The van der Waals surface area contributed by atoms with Crippen molar-refractivity contribution in [1.82, 2.24) is 15.5 Å². The molecule has 2 rings (SSSR count). The van der Waals surface area contributed by atoms with Crippen molar-refractivity contribution in [2.45, 2.75) is 33.0 Å². The van der Waals surface area contributed by atoms with Crippen molar-refractivity contribution in [3.05, 3.63) is 47.8 Å². The number of aromatic nitrogens is 2. The van der Waals surface area contributed by atoms with Gasteiger partial charge in [0.25, 0.3) is 0 Å². The summed E-state index contributed by atoms with van der Waals surface area (Å²) in [5, 5.41) is 11.2. The molecule has 0 spiro atoms. The van der Waals surface area contributed by atoms with E-state index >= 15 is 0 Å². The molecule has 0 amide bonds. The zero-order valence-electron chi connectivity index (χ0n) is 12.7. The van der Waals surface area contributed by atoms with Gasteiger partial charge in [0, 0.05) is 19.3 Å². The fourth-order valence-electron chi connectivity index (χ4n) is 1.94. The number of rotatable bonds is 7. The van der Waals surface area contributed by atoms with Crippen LogP contribution < -0.4 is 14.8 Å². The number of nitrogens with one attached hydrogen (secondary N) is 1. The van der Waals surface area contributed by atoms with E-state index in [1.54, 1.807) is 13.3 Å². The standard InChI is InChI=1S/C16H21N3O2/c1-12(2)21-15-7-6-13(9-16(15)20-3)10-17-11-14-5-4-8-18-19-14/h4-9,12,17H,10-11H2,1-3H3. The van der Waals surface area contributed by atoms with E-state index in [0.717, 1.165) is 29.3 Å². The van der Waals surface area contributed by atoms with Crippen LogP contribution in [-0.2, 0) is 13.1 Å². The smallest absolute Gasteiger partial charge is 0.161 e. The summed E-state index contributed by atoms with van der Waals surface area (Å²) >= 11 is 0. The molecule has 2 aromatic rings. The lowest BCUT2D eigenvalue weighted by atomic mass is 10.2. The zero-order chi connectivity index (χ0) is 15.1. The summed E-state index contributed by atoms with van der Waals surface area (Å²) in [4.78, 5) is 0. The van der Waals surface area contributed by atoms with E-state index in [1.165, 1.54) is 0 Å². The highest BCUT2D eigenvalue weighted by atomic mass is 16.5. The Hall–Kier alpha value is -2.14. The zero-order valence-corrected chi connectivity index (χ0v) is 12.7. The number of hydrogen-bond donors (Lipinski definition) is 1. The second-order valence-corrected chi connectivity index (χ2v) is 4.97. The first-order valence-corrected chi connectivity index (χ1v) is 7.00. The molecule has 5 nitrogen and oxygen atoms in total. The third-order valence-corrected chi connectivity index (χ3v) is 2.85. The van der Waals surface area contributed by atoms with Crippen molar-refractivity contribution < 1.29 is 9.47 Å². The average molecular weight is 287 g/mol. The van der Waals surface area contributed by atoms with Gasteiger partial charge in [-0.05, 0) is 43.7 Å². The van der Waals surface area contributed by atoms with Crippen LogP contribution in [0.3, 0.4) is 0 Å². The Labute approximate surface area is 125 Å². The van der Waals surface area contributed by atoms with Crippen LogP contribution >= 0.6 is 0 Å². The number of hydrogen-bond acceptors (Lipinski definition) is 5. The van der Waals surface area contributed by atoms with Gasteiger partial charge in [-0.3, -0.25) is 0 Å². The van der Waals surface area contributed by atoms with Gasteiger partial charge in [-0.1, -0.05) is 6.07 Å². The Kier molecular flexibility index (Phi) is 5.51. The molecule has 0 saturated carbocycles. The Balaban J connectivity index is 1.94. The molecule has 1 aromatic carbocycles. The Morgan fingerprint density at radius 1 is 1.14 bits per heavy atom. The van der Waals surface area contributed by atoms with Gasteiger partial charge >= 0.3 is 0 Å². The lowest BCUT2D eigenvalue weighted by Crippen LogP contribution is -2.14. The van der Waals surface area contributed by atoms with Crippen molar-refractivity contribution in [1.29, 1.82) is 0 Å². The van der Waals surface area contributed by atoms with Gasteiger partial charge in [-0.15, -0.1) is 0 Å². The molecule has 21 heavy (non-hydrogen) atoms. The topological polar surface area (TPSA) is 56.3 Å². The predicted octanol–water partition coefficient (Wildman–Crippen LogP) is 2.56. The van der Waals surface area contributed by atoms with Crippen LogP contribution in [-0.4, -0.2) is 23.4 Å². The minimum atomic E-state index is 0.125. The molecular weight excluding hydrogens is 266 g/mol. The van der Waals surface area contributed by atoms with E-state index in [-0.39, 0.29) is 6.10 Å². The van der Waals surface area contributed by atoms with Gasteiger partial charge in [0.15, 0.2) is 11.5 Å². The molecule has 0 bridgehead atoms. The van der Waals surface area contributed by atoms with E-state index in [2.05, 4.69) is 15.5 Å². The molecule has 0 aliphatic heterocycles. The summed E-state index contributed by atoms with van der Waals surface area (Å²) in [6.07, 6.45) is 1.79. The van der Waals surface area contributed by atoms with Gasteiger partial charge in [0.1, 0.15) is 0 Å². The first-order chi connectivity index (χ1) is 10.2. The Bertz CT molecular complexity index is 559. The molecule has 112 valence electrons. The quantitative estimate of drug-likeness (QED) is 0.848. The molecule has 1 aromatic heterocycles. The summed E-state index contributed by atoms with van der Waals surface area (Å²) < 4.78 is 11.1. The summed E-state index contributed by atoms with van der Waals surface area (Å²) in [6.45, 7) is 5.40.